The Morgan fingerprint density at radius 3 is 2.60 bits per heavy atom. The molecule has 0 unspecified atom stereocenters. The van der Waals surface area contributed by atoms with E-state index in [0.717, 1.165) is 5.56 Å². The van der Waals surface area contributed by atoms with Crippen LogP contribution in [0.2, 0.25) is 5.02 Å². The van der Waals surface area contributed by atoms with Gasteiger partial charge >= 0.3 is 0 Å². The van der Waals surface area contributed by atoms with Crippen molar-refractivity contribution >= 4 is 27.5 Å². The van der Waals surface area contributed by atoms with Crippen molar-refractivity contribution in [2.24, 2.45) is 5.92 Å². The minimum Gasteiger partial charge on any atom is -0.495 e. The molecular weight excluding hydrogens is 431 g/mol. The van der Waals surface area contributed by atoms with E-state index >= 15 is 0 Å². The molecule has 0 radical (unpaired) electrons. The number of benzene rings is 2. The molecule has 0 saturated carbocycles. The number of halogens is 2. The molecule has 1 N–H and O–H groups in total. The maximum Gasteiger partial charge on any atom is 0.243 e. The fourth-order valence-corrected chi connectivity index (χ4v) is 5.37. The number of rotatable bonds is 6. The van der Waals surface area contributed by atoms with E-state index in [1.165, 1.54) is 41.7 Å². The minimum absolute atomic E-state index is 0.0639. The first-order chi connectivity index (χ1) is 14.2. The number of methoxy groups -OCH3 is 1. The Labute approximate surface area is 181 Å². The van der Waals surface area contributed by atoms with E-state index in [1.807, 2.05) is 6.92 Å². The molecule has 2 aromatic rings. The van der Waals surface area contributed by atoms with E-state index < -0.39 is 15.9 Å². The molecule has 9 heteroatoms. The molecule has 0 spiro atoms. The molecule has 1 aliphatic heterocycles. The van der Waals surface area contributed by atoms with Gasteiger partial charge in [0.25, 0.3) is 0 Å². The number of hydrogen-bond donors (Lipinski definition) is 1. The van der Waals surface area contributed by atoms with Crippen molar-refractivity contribution < 1.29 is 22.3 Å². The van der Waals surface area contributed by atoms with Crippen molar-refractivity contribution in [2.45, 2.75) is 30.7 Å². The maximum absolute atomic E-state index is 13.1. The van der Waals surface area contributed by atoms with E-state index in [2.05, 4.69) is 5.32 Å². The second kappa shape index (κ2) is 9.32. The lowest BCUT2D eigenvalue weighted by atomic mass is 9.98. The Kier molecular flexibility index (Phi) is 7.00. The van der Waals surface area contributed by atoms with Crippen LogP contribution in [0.4, 0.5) is 4.39 Å². The molecule has 0 bridgehead atoms. The van der Waals surface area contributed by atoms with Crippen LogP contribution < -0.4 is 10.1 Å². The smallest absolute Gasteiger partial charge is 0.243 e. The molecule has 1 saturated heterocycles. The van der Waals surface area contributed by atoms with E-state index in [0.29, 0.717) is 25.1 Å². The highest BCUT2D eigenvalue weighted by Gasteiger charge is 2.34. The predicted octanol–water partition coefficient (Wildman–Crippen LogP) is 3.77. The molecule has 30 heavy (non-hydrogen) atoms. The fourth-order valence-electron chi connectivity index (χ4n) is 3.50. The normalized spacial score (nSPS) is 18.6. The summed E-state index contributed by atoms with van der Waals surface area (Å²) in [5, 5.41) is 3.11. The number of amides is 1. The zero-order valence-corrected chi connectivity index (χ0v) is 18.3. The summed E-state index contributed by atoms with van der Waals surface area (Å²) in [5.41, 5.74) is 0.776. The van der Waals surface area contributed by atoms with Crippen LogP contribution >= 0.6 is 11.6 Å². The van der Waals surface area contributed by atoms with Gasteiger partial charge in [0.05, 0.1) is 29.0 Å². The number of nitrogens with zero attached hydrogens (tertiary/aromatic N) is 1. The minimum atomic E-state index is -3.79. The number of piperidine rings is 1. The number of sulfonamides is 1. The molecule has 1 fully saturated rings. The highest BCUT2D eigenvalue weighted by molar-refractivity contribution is 7.89. The Balaban J connectivity index is 1.70. The van der Waals surface area contributed by atoms with E-state index in [4.69, 9.17) is 16.3 Å². The Bertz CT molecular complexity index is 1010. The summed E-state index contributed by atoms with van der Waals surface area (Å²) in [6.07, 6.45) is 1.17. The summed E-state index contributed by atoms with van der Waals surface area (Å²) in [7, 11) is -2.34. The van der Waals surface area contributed by atoms with Crippen molar-refractivity contribution in [1.82, 2.24) is 9.62 Å². The molecule has 0 aliphatic carbocycles. The number of carbonyl (C=O) groups excluding carboxylic acids is 1. The molecule has 1 amide bonds. The molecule has 2 atom stereocenters. The standard InChI is InChI=1S/C21H24ClFN2O4S/c1-14(15-5-7-17(23)8-6-15)24-21(26)16-4-3-11-25(13-16)30(27,28)18-9-10-20(29-2)19(22)12-18/h5-10,12,14,16H,3-4,11,13H2,1-2H3,(H,24,26)/t14-,16-/m0/s1. The highest BCUT2D eigenvalue weighted by atomic mass is 35.5. The molecule has 162 valence electrons. The Hall–Kier alpha value is -2.16. The van der Waals surface area contributed by atoms with Crippen molar-refractivity contribution in [2.75, 3.05) is 20.2 Å². The lowest BCUT2D eigenvalue weighted by molar-refractivity contribution is -0.126. The topological polar surface area (TPSA) is 75.7 Å². The molecule has 1 aliphatic rings. The van der Waals surface area contributed by atoms with Crippen molar-refractivity contribution in [1.29, 1.82) is 0 Å². The summed E-state index contributed by atoms with van der Waals surface area (Å²) in [5.74, 6) is -0.644. The van der Waals surface area contributed by atoms with Gasteiger partial charge in [0.1, 0.15) is 11.6 Å². The Morgan fingerprint density at radius 2 is 1.97 bits per heavy atom. The van der Waals surface area contributed by atoms with Crippen molar-refractivity contribution in [3.05, 3.63) is 58.9 Å². The number of nitrogens with one attached hydrogen (secondary N) is 1. The quantitative estimate of drug-likeness (QED) is 0.721. The second-order valence-electron chi connectivity index (χ2n) is 7.28. The van der Waals surface area contributed by atoms with Gasteiger partial charge in [-0.05, 0) is 55.7 Å². The second-order valence-corrected chi connectivity index (χ2v) is 9.63. The first-order valence-corrected chi connectivity index (χ1v) is 11.4. The van der Waals surface area contributed by atoms with Gasteiger partial charge in [0.2, 0.25) is 15.9 Å². The molecular formula is C21H24ClFN2O4S. The predicted molar refractivity (Wildman–Crippen MR) is 112 cm³/mol. The first kappa shape index (κ1) is 22.5. The first-order valence-electron chi connectivity index (χ1n) is 9.62. The summed E-state index contributed by atoms with van der Waals surface area (Å²) < 4.78 is 45.6. The summed E-state index contributed by atoms with van der Waals surface area (Å²) >= 11 is 6.08. The van der Waals surface area contributed by atoms with Crippen LogP contribution in [0.25, 0.3) is 0 Å². The van der Waals surface area contributed by atoms with Gasteiger partial charge in [-0.25, -0.2) is 12.8 Å². The number of hydrogen-bond acceptors (Lipinski definition) is 4. The monoisotopic (exact) mass is 454 g/mol. The SMILES string of the molecule is COc1ccc(S(=O)(=O)N2CCC[C@H](C(=O)N[C@@H](C)c3ccc(F)cc3)C2)cc1Cl. The van der Waals surface area contributed by atoms with Crippen LogP contribution in [-0.4, -0.2) is 38.8 Å². The van der Waals surface area contributed by atoms with Crippen LogP contribution in [0.3, 0.4) is 0 Å². The van der Waals surface area contributed by atoms with Crippen LogP contribution in [0, 0.1) is 11.7 Å². The third-order valence-corrected chi connectivity index (χ3v) is 7.40. The molecule has 1 heterocycles. The van der Waals surface area contributed by atoms with Gasteiger partial charge < -0.3 is 10.1 Å². The molecule has 6 nitrogen and oxygen atoms in total. The summed E-state index contributed by atoms with van der Waals surface area (Å²) in [6.45, 7) is 2.24. The van der Waals surface area contributed by atoms with E-state index in [-0.39, 0.29) is 34.2 Å². The lowest BCUT2D eigenvalue weighted by Crippen LogP contribution is -2.45. The molecule has 0 aromatic heterocycles. The van der Waals surface area contributed by atoms with E-state index in [9.17, 15) is 17.6 Å². The van der Waals surface area contributed by atoms with Crippen LogP contribution in [0.5, 0.6) is 5.75 Å². The van der Waals surface area contributed by atoms with Gasteiger partial charge in [0.15, 0.2) is 0 Å². The van der Waals surface area contributed by atoms with E-state index in [1.54, 1.807) is 12.1 Å². The fraction of sp³-hybridized carbons (Fsp3) is 0.381. The van der Waals surface area contributed by atoms with Gasteiger partial charge in [-0.2, -0.15) is 4.31 Å². The van der Waals surface area contributed by atoms with Crippen molar-refractivity contribution in [3.8, 4) is 5.75 Å². The van der Waals surface area contributed by atoms with Crippen LogP contribution in [0.1, 0.15) is 31.4 Å². The average molecular weight is 455 g/mol. The zero-order valence-electron chi connectivity index (χ0n) is 16.8. The van der Waals surface area contributed by atoms with Gasteiger partial charge in [0, 0.05) is 13.1 Å². The maximum atomic E-state index is 13.1. The number of ether oxygens (including phenoxy) is 1. The summed E-state index contributed by atoms with van der Waals surface area (Å²) in [6, 6.07) is 9.91. The van der Waals surface area contributed by atoms with Crippen molar-refractivity contribution in [3.63, 3.8) is 0 Å². The van der Waals surface area contributed by atoms with Crippen LogP contribution in [0.15, 0.2) is 47.4 Å². The molecule has 2 aromatic carbocycles. The largest absolute Gasteiger partial charge is 0.495 e. The van der Waals surface area contributed by atoms with Gasteiger partial charge in [-0.15, -0.1) is 0 Å². The van der Waals surface area contributed by atoms with Gasteiger partial charge in [-0.3, -0.25) is 4.79 Å². The summed E-state index contributed by atoms with van der Waals surface area (Å²) in [4.78, 5) is 12.8. The Morgan fingerprint density at radius 1 is 1.27 bits per heavy atom. The molecule has 3 rings (SSSR count). The third-order valence-electron chi connectivity index (χ3n) is 5.24. The zero-order chi connectivity index (χ0) is 21.9. The third kappa shape index (κ3) is 4.94. The van der Waals surface area contributed by atoms with Crippen LogP contribution in [-0.2, 0) is 14.8 Å². The van der Waals surface area contributed by atoms with Gasteiger partial charge in [-0.1, -0.05) is 23.7 Å². The number of carbonyl (C=O) groups is 1. The average Bonchev–Trinajstić information content (AvgIpc) is 2.74. The highest BCUT2D eigenvalue weighted by Crippen LogP contribution is 2.30. The lowest BCUT2D eigenvalue weighted by Gasteiger charge is -2.32.